The van der Waals surface area contributed by atoms with Crippen LogP contribution in [-0.4, -0.2) is 19.1 Å². The van der Waals surface area contributed by atoms with Crippen LogP contribution in [0.2, 0.25) is 0 Å². The summed E-state index contributed by atoms with van der Waals surface area (Å²) in [5.74, 6) is 0. The Morgan fingerprint density at radius 1 is 0.615 bits per heavy atom. The molecule has 4 heterocycles. The quantitative estimate of drug-likeness (QED) is 0.233. The highest BCUT2D eigenvalue weighted by atomic mass is 32.1. The van der Waals surface area contributed by atoms with E-state index >= 15 is 0 Å². The molecule has 0 unspecified atom stereocenters. The maximum Gasteiger partial charge on any atom is 0.124 e. The van der Waals surface area contributed by atoms with Gasteiger partial charge < -0.3 is 9.13 Å². The lowest BCUT2D eigenvalue weighted by Crippen LogP contribution is -1.95. The van der Waals surface area contributed by atoms with Crippen molar-refractivity contribution in [1.29, 1.82) is 0 Å². The Balaban J connectivity index is 1.34. The van der Waals surface area contributed by atoms with Gasteiger partial charge in [-0.25, -0.2) is 4.98 Å². The lowest BCUT2D eigenvalue weighted by atomic mass is 10.1. The first-order chi connectivity index (χ1) is 19.3. The number of rotatable bonds is 4. The topological polar surface area (TPSA) is 35.6 Å². The van der Waals surface area contributed by atoms with E-state index in [0.29, 0.717) is 0 Å². The Hall–Kier alpha value is -5.00. The third kappa shape index (κ3) is 3.59. The molecule has 0 atom stereocenters. The Morgan fingerprint density at radius 3 is 2.36 bits per heavy atom. The fourth-order valence-electron chi connectivity index (χ4n) is 5.48. The number of pyridine rings is 1. The summed E-state index contributed by atoms with van der Waals surface area (Å²) < 4.78 is 5.67. The predicted octanol–water partition coefficient (Wildman–Crippen LogP) is 8.91. The van der Waals surface area contributed by atoms with Crippen LogP contribution in [0.3, 0.4) is 0 Å². The maximum absolute atomic E-state index is 5.14. The van der Waals surface area contributed by atoms with Crippen LogP contribution in [0.4, 0.5) is 0 Å². The van der Waals surface area contributed by atoms with Crippen molar-refractivity contribution in [3.63, 3.8) is 0 Å². The molecule has 0 saturated heterocycles. The highest BCUT2D eigenvalue weighted by molar-refractivity contribution is 7.21. The van der Waals surface area contributed by atoms with E-state index < -0.39 is 0 Å². The fourth-order valence-corrected chi connectivity index (χ4v) is 6.46. The molecule has 0 aliphatic carbocycles. The SMILES string of the molecule is c1ccc(-c2cccc(-n3c4ccccc4c4ccc(-c5nc6c(-n7cccc7)cccc6s5)cc43)c2)nc1. The molecule has 0 radical (unpaired) electrons. The molecule has 4 aromatic carbocycles. The van der Waals surface area contributed by atoms with Gasteiger partial charge in [-0.15, -0.1) is 11.3 Å². The van der Waals surface area contributed by atoms with Gasteiger partial charge in [0, 0.05) is 46.2 Å². The van der Waals surface area contributed by atoms with Crippen LogP contribution in [0.5, 0.6) is 0 Å². The summed E-state index contributed by atoms with van der Waals surface area (Å²) in [4.78, 5) is 9.71. The second-order valence-electron chi connectivity index (χ2n) is 9.58. The van der Waals surface area contributed by atoms with Crippen LogP contribution < -0.4 is 0 Å². The minimum absolute atomic E-state index is 0.966. The van der Waals surface area contributed by atoms with Crippen LogP contribution in [0.1, 0.15) is 0 Å². The molecule has 0 aliphatic rings. The van der Waals surface area contributed by atoms with E-state index in [-0.39, 0.29) is 0 Å². The Bertz CT molecular complexity index is 2120. The zero-order chi connectivity index (χ0) is 25.8. The first kappa shape index (κ1) is 22.0. The van der Waals surface area contributed by atoms with Crippen molar-refractivity contribution >= 4 is 43.4 Å². The summed E-state index contributed by atoms with van der Waals surface area (Å²) >= 11 is 1.74. The summed E-state index contributed by atoms with van der Waals surface area (Å²) in [6.07, 6.45) is 5.98. The average molecular weight is 519 g/mol. The molecule has 0 spiro atoms. The van der Waals surface area contributed by atoms with E-state index in [9.17, 15) is 0 Å². The van der Waals surface area contributed by atoms with Gasteiger partial charge in [-0.2, -0.15) is 0 Å². The Labute approximate surface area is 229 Å². The van der Waals surface area contributed by atoms with Gasteiger partial charge in [-0.3, -0.25) is 4.98 Å². The predicted molar refractivity (Wildman–Crippen MR) is 162 cm³/mol. The zero-order valence-corrected chi connectivity index (χ0v) is 21.7. The van der Waals surface area contributed by atoms with Crippen molar-refractivity contribution < 1.29 is 0 Å². The first-order valence-corrected chi connectivity index (χ1v) is 13.7. The van der Waals surface area contributed by atoms with Crippen molar-refractivity contribution in [3.8, 4) is 33.2 Å². The zero-order valence-electron chi connectivity index (χ0n) is 20.9. The standard InChI is InChI=1S/C34H22N4S/c1-2-13-29-26(11-1)27-17-16-24(34-36-33-30(37-19-5-6-20-37)14-8-15-32(33)39-34)22-31(27)38(29)25-10-7-9-23(21-25)28-12-3-4-18-35-28/h1-22H. The molecule has 39 heavy (non-hydrogen) atoms. The molecule has 184 valence electrons. The van der Waals surface area contributed by atoms with Gasteiger partial charge in [-0.1, -0.05) is 54.6 Å². The highest BCUT2D eigenvalue weighted by Crippen LogP contribution is 2.38. The maximum atomic E-state index is 5.14. The minimum atomic E-state index is 0.966. The van der Waals surface area contributed by atoms with Crippen molar-refractivity contribution in [2.75, 3.05) is 0 Å². The summed E-state index contributed by atoms with van der Waals surface area (Å²) in [6.45, 7) is 0. The van der Waals surface area contributed by atoms with E-state index in [1.807, 2.05) is 30.5 Å². The summed E-state index contributed by atoms with van der Waals surface area (Å²) in [6, 6.07) is 40.5. The summed E-state index contributed by atoms with van der Waals surface area (Å²) in [7, 11) is 0. The van der Waals surface area contributed by atoms with Gasteiger partial charge in [0.2, 0.25) is 0 Å². The van der Waals surface area contributed by atoms with Gasteiger partial charge in [0.05, 0.1) is 27.1 Å². The lowest BCUT2D eigenvalue weighted by molar-refractivity contribution is 1.09. The van der Waals surface area contributed by atoms with Crippen molar-refractivity contribution in [2.24, 2.45) is 0 Å². The van der Waals surface area contributed by atoms with Gasteiger partial charge in [0.25, 0.3) is 0 Å². The number of para-hydroxylation sites is 2. The molecular formula is C34H22N4S. The van der Waals surface area contributed by atoms with E-state index in [2.05, 4.69) is 118 Å². The number of aromatic nitrogens is 4. The number of thiazole rings is 1. The van der Waals surface area contributed by atoms with Crippen LogP contribution in [0.25, 0.3) is 65.2 Å². The van der Waals surface area contributed by atoms with Crippen molar-refractivity contribution in [1.82, 2.24) is 19.1 Å². The van der Waals surface area contributed by atoms with Gasteiger partial charge in [0.15, 0.2) is 0 Å². The second-order valence-corrected chi connectivity index (χ2v) is 10.6. The van der Waals surface area contributed by atoms with Crippen LogP contribution in [0, 0.1) is 0 Å². The third-order valence-corrected chi connectivity index (χ3v) is 8.34. The molecule has 4 aromatic heterocycles. The molecule has 5 heteroatoms. The van der Waals surface area contributed by atoms with Crippen LogP contribution in [-0.2, 0) is 0 Å². The molecule has 0 fully saturated rings. The number of benzene rings is 4. The summed E-state index contributed by atoms with van der Waals surface area (Å²) in [5, 5.41) is 3.48. The molecule has 4 nitrogen and oxygen atoms in total. The largest absolute Gasteiger partial charge is 0.322 e. The number of fused-ring (bicyclic) bond motifs is 4. The molecule has 8 aromatic rings. The molecular weight excluding hydrogens is 496 g/mol. The van der Waals surface area contributed by atoms with E-state index in [4.69, 9.17) is 4.98 Å². The van der Waals surface area contributed by atoms with Crippen LogP contribution in [0.15, 0.2) is 134 Å². The number of hydrogen-bond donors (Lipinski definition) is 0. The van der Waals surface area contributed by atoms with Gasteiger partial charge in [-0.05, 0) is 60.7 Å². The first-order valence-electron chi connectivity index (χ1n) is 12.9. The normalized spacial score (nSPS) is 11.6. The summed E-state index contributed by atoms with van der Waals surface area (Å²) in [5.41, 5.74) is 8.76. The highest BCUT2D eigenvalue weighted by Gasteiger charge is 2.16. The smallest absolute Gasteiger partial charge is 0.124 e. The average Bonchev–Trinajstić information content (AvgIpc) is 3.75. The van der Waals surface area contributed by atoms with Gasteiger partial charge in [0.1, 0.15) is 10.5 Å². The molecule has 0 saturated carbocycles. The van der Waals surface area contributed by atoms with Gasteiger partial charge >= 0.3 is 0 Å². The third-order valence-electron chi connectivity index (χ3n) is 7.27. The van der Waals surface area contributed by atoms with Crippen molar-refractivity contribution in [2.45, 2.75) is 0 Å². The monoisotopic (exact) mass is 518 g/mol. The lowest BCUT2D eigenvalue weighted by Gasteiger charge is -2.10. The second kappa shape index (κ2) is 8.79. The molecule has 0 bridgehead atoms. The van der Waals surface area contributed by atoms with Crippen LogP contribution >= 0.6 is 11.3 Å². The molecule has 0 N–H and O–H groups in total. The van der Waals surface area contributed by atoms with E-state index in [1.165, 1.54) is 21.0 Å². The Kier molecular flexibility index (Phi) is 4.96. The fraction of sp³-hybridized carbons (Fsp3) is 0. The number of nitrogens with zero attached hydrogens (tertiary/aromatic N) is 4. The molecule has 0 aliphatic heterocycles. The molecule has 0 amide bonds. The van der Waals surface area contributed by atoms with Crippen molar-refractivity contribution in [3.05, 3.63) is 134 Å². The minimum Gasteiger partial charge on any atom is -0.322 e. The van der Waals surface area contributed by atoms with E-state index in [1.54, 1.807) is 11.3 Å². The Morgan fingerprint density at radius 2 is 1.46 bits per heavy atom. The molecule has 8 rings (SSSR count). The van der Waals surface area contributed by atoms with E-state index in [0.717, 1.165) is 44.2 Å². The number of hydrogen-bond acceptors (Lipinski definition) is 3.